The molecule has 34 heavy (non-hydrogen) atoms. The molecule has 2 heterocycles. The van der Waals surface area contributed by atoms with Crippen molar-refractivity contribution in [2.24, 2.45) is 21.6 Å². The molecule has 3 atom stereocenters. The summed E-state index contributed by atoms with van der Waals surface area (Å²) in [6, 6.07) is 8.57. The first-order valence-corrected chi connectivity index (χ1v) is 12.5. The first kappa shape index (κ1) is 26.1. The van der Waals surface area contributed by atoms with Gasteiger partial charge in [0.15, 0.2) is 12.0 Å². The van der Waals surface area contributed by atoms with Gasteiger partial charge in [0.1, 0.15) is 0 Å². The predicted octanol–water partition coefficient (Wildman–Crippen LogP) is 3.65. The molecule has 0 bridgehead atoms. The topological polar surface area (TPSA) is 110 Å². The minimum Gasteiger partial charge on any atom is -0.463 e. The van der Waals surface area contributed by atoms with E-state index in [1.807, 2.05) is 11.8 Å². The van der Waals surface area contributed by atoms with E-state index in [9.17, 15) is 10.1 Å². The van der Waals surface area contributed by atoms with Crippen molar-refractivity contribution in [2.45, 2.75) is 78.2 Å². The van der Waals surface area contributed by atoms with Gasteiger partial charge >= 0.3 is 11.6 Å². The van der Waals surface area contributed by atoms with Crippen molar-refractivity contribution < 1.29 is 9.66 Å². The maximum absolute atomic E-state index is 12.2. The van der Waals surface area contributed by atoms with Crippen molar-refractivity contribution in [1.82, 2.24) is 9.80 Å². The normalized spacial score (nSPS) is 23.9. The molecule has 2 aliphatic heterocycles. The summed E-state index contributed by atoms with van der Waals surface area (Å²) in [6.45, 7) is 12.4. The van der Waals surface area contributed by atoms with Crippen LogP contribution in [0.1, 0.15) is 64.5 Å². The number of nitrogens with zero attached hydrogens (tertiary/aromatic N) is 5. The molecule has 2 N–H and O–H groups in total. The van der Waals surface area contributed by atoms with Crippen LogP contribution in [0.2, 0.25) is 0 Å². The van der Waals surface area contributed by atoms with Gasteiger partial charge in [-0.2, -0.15) is 4.99 Å². The van der Waals surface area contributed by atoms with Crippen LogP contribution in [-0.2, 0) is 17.8 Å². The fourth-order valence-corrected chi connectivity index (χ4v) is 4.63. The van der Waals surface area contributed by atoms with Gasteiger partial charge in [0.2, 0.25) is 0 Å². The summed E-state index contributed by atoms with van der Waals surface area (Å²) < 4.78 is 5.84. The van der Waals surface area contributed by atoms with E-state index in [1.54, 1.807) is 0 Å². The zero-order valence-electron chi connectivity index (χ0n) is 21.1. The highest BCUT2D eigenvalue weighted by atomic mass is 16.6. The fraction of sp³-hybridized carbons (Fsp3) is 0.680. The van der Waals surface area contributed by atoms with Gasteiger partial charge in [0.25, 0.3) is 0 Å². The summed E-state index contributed by atoms with van der Waals surface area (Å²) in [6.07, 6.45) is 3.52. The predicted molar refractivity (Wildman–Crippen MR) is 135 cm³/mol. The van der Waals surface area contributed by atoms with Gasteiger partial charge in [-0.15, -0.1) is 0 Å². The molecular formula is C25H40N6O3. The molecule has 2 aliphatic rings. The summed E-state index contributed by atoms with van der Waals surface area (Å²) in [4.78, 5) is 25.0. The Bertz CT molecular complexity index is 898. The summed E-state index contributed by atoms with van der Waals surface area (Å²) in [5.41, 5.74) is 6.95. The van der Waals surface area contributed by atoms with Gasteiger partial charge in [-0.25, -0.2) is 4.99 Å². The number of aliphatic imine (C=N–C) groups is 2. The second kappa shape index (κ2) is 11.8. The lowest BCUT2D eigenvalue weighted by atomic mass is 9.95. The van der Waals surface area contributed by atoms with E-state index in [4.69, 9.17) is 10.5 Å². The van der Waals surface area contributed by atoms with E-state index < -0.39 is 11.7 Å². The number of hydrogen-bond acceptors (Lipinski definition) is 8. The highest BCUT2D eigenvalue weighted by Crippen LogP contribution is 2.26. The Hall–Kier alpha value is -2.52. The molecule has 1 aromatic rings. The molecule has 0 aliphatic carbocycles. The van der Waals surface area contributed by atoms with Crippen LogP contribution in [0.15, 0.2) is 34.3 Å². The minimum absolute atomic E-state index is 0.131. The van der Waals surface area contributed by atoms with E-state index in [1.165, 1.54) is 25.3 Å². The third-order valence-electron chi connectivity index (χ3n) is 6.79. The van der Waals surface area contributed by atoms with Crippen LogP contribution >= 0.6 is 0 Å². The molecule has 3 rings (SSSR count). The van der Waals surface area contributed by atoms with Crippen LogP contribution in [0.25, 0.3) is 0 Å². The SMILES string of the molecule is CCC[C@H](C)COC1=NC(N)C(C)([N+](=O)[O-])C(N(CC)Cc2cccc(CN3CCCC3)c2)=N1. The maximum atomic E-state index is 12.2. The molecule has 0 spiro atoms. The Labute approximate surface area is 203 Å². The molecule has 0 saturated carbocycles. The zero-order chi connectivity index (χ0) is 24.7. The Kier molecular flexibility index (Phi) is 9.02. The number of ether oxygens (including phenoxy) is 1. The van der Waals surface area contributed by atoms with E-state index >= 15 is 0 Å². The lowest BCUT2D eigenvalue weighted by Gasteiger charge is -2.35. The van der Waals surface area contributed by atoms with Gasteiger partial charge in [-0.05, 0) is 56.3 Å². The Morgan fingerprint density at radius 3 is 2.68 bits per heavy atom. The molecule has 188 valence electrons. The van der Waals surface area contributed by atoms with E-state index in [0.29, 0.717) is 31.4 Å². The summed E-state index contributed by atoms with van der Waals surface area (Å²) in [7, 11) is 0. The highest BCUT2D eigenvalue weighted by Gasteiger charge is 2.54. The second-order valence-corrected chi connectivity index (χ2v) is 9.72. The number of amidine groups is 2. The van der Waals surface area contributed by atoms with Crippen LogP contribution < -0.4 is 5.73 Å². The third kappa shape index (κ3) is 6.13. The van der Waals surface area contributed by atoms with Crippen molar-refractivity contribution in [3.63, 3.8) is 0 Å². The molecule has 9 heteroatoms. The molecule has 2 unspecified atom stereocenters. The molecule has 1 aromatic carbocycles. The molecule has 9 nitrogen and oxygen atoms in total. The number of hydrogen-bond donors (Lipinski definition) is 1. The Morgan fingerprint density at radius 1 is 1.32 bits per heavy atom. The van der Waals surface area contributed by atoms with Crippen molar-refractivity contribution in [3.8, 4) is 0 Å². The van der Waals surface area contributed by atoms with Crippen molar-refractivity contribution in [2.75, 3.05) is 26.2 Å². The van der Waals surface area contributed by atoms with Crippen LogP contribution in [0.3, 0.4) is 0 Å². The van der Waals surface area contributed by atoms with Gasteiger partial charge in [0.05, 0.1) is 6.61 Å². The average molecular weight is 473 g/mol. The molecule has 0 aromatic heterocycles. The number of likely N-dealkylation sites (N-methyl/N-ethyl adjacent to an activating group) is 1. The first-order valence-electron chi connectivity index (χ1n) is 12.5. The Morgan fingerprint density at radius 2 is 2.03 bits per heavy atom. The minimum atomic E-state index is -1.63. The zero-order valence-corrected chi connectivity index (χ0v) is 21.1. The number of nitro groups is 1. The van der Waals surface area contributed by atoms with Crippen molar-refractivity contribution >= 4 is 11.9 Å². The van der Waals surface area contributed by atoms with Gasteiger partial charge in [-0.1, -0.05) is 44.5 Å². The number of nitrogens with two attached hydrogens (primary N) is 1. The standard InChI is InChI=1S/C25H40N6O3/c1-5-10-19(3)18-34-24-27-22(26)25(4,31(32)33)23(28-24)30(6-2)17-21-12-9-11-20(15-21)16-29-13-7-8-14-29/h9,11-12,15,19,22H,5-8,10,13-14,16-18,26H2,1-4H3/t19-,22?,25?/m0/s1. The summed E-state index contributed by atoms with van der Waals surface area (Å²) >= 11 is 0. The van der Waals surface area contributed by atoms with Crippen LogP contribution in [0.5, 0.6) is 0 Å². The quantitative estimate of drug-likeness (QED) is 0.411. The highest BCUT2D eigenvalue weighted by molar-refractivity contribution is 6.01. The molecular weight excluding hydrogens is 432 g/mol. The van der Waals surface area contributed by atoms with Crippen molar-refractivity contribution in [1.29, 1.82) is 0 Å². The molecule has 0 radical (unpaired) electrons. The monoisotopic (exact) mass is 472 g/mol. The van der Waals surface area contributed by atoms with E-state index in [-0.39, 0.29) is 10.9 Å². The van der Waals surface area contributed by atoms with Crippen LogP contribution in [0.4, 0.5) is 0 Å². The largest absolute Gasteiger partial charge is 0.463 e. The molecule has 1 fully saturated rings. The number of rotatable bonds is 10. The average Bonchev–Trinajstić information content (AvgIpc) is 3.31. The van der Waals surface area contributed by atoms with E-state index in [0.717, 1.165) is 38.0 Å². The molecule has 0 amide bonds. The van der Waals surface area contributed by atoms with Gasteiger partial charge < -0.3 is 15.4 Å². The lowest BCUT2D eigenvalue weighted by Crippen LogP contribution is -2.63. The van der Waals surface area contributed by atoms with Crippen LogP contribution in [-0.4, -0.2) is 64.5 Å². The van der Waals surface area contributed by atoms with E-state index in [2.05, 4.69) is 53.0 Å². The molecule has 1 saturated heterocycles. The number of benzene rings is 1. The van der Waals surface area contributed by atoms with Crippen LogP contribution in [0, 0.1) is 16.0 Å². The first-order chi connectivity index (χ1) is 16.3. The lowest BCUT2D eigenvalue weighted by molar-refractivity contribution is -0.547. The summed E-state index contributed by atoms with van der Waals surface area (Å²) in [5, 5.41) is 12.2. The maximum Gasteiger partial charge on any atom is 0.315 e. The summed E-state index contributed by atoms with van der Waals surface area (Å²) in [5.74, 6) is 0.637. The number of likely N-dealkylation sites (tertiary alicyclic amines) is 1. The van der Waals surface area contributed by atoms with Crippen molar-refractivity contribution in [3.05, 3.63) is 45.5 Å². The Balaban J connectivity index is 1.82. The smallest absolute Gasteiger partial charge is 0.315 e. The third-order valence-corrected chi connectivity index (χ3v) is 6.79. The van der Waals surface area contributed by atoms with Gasteiger partial charge in [-0.3, -0.25) is 15.0 Å². The van der Waals surface area contributed by atoms with Gasteiger partial charge in [0, 0.05) is 31.5 Å². The second-order valence-electron chi connectivity index (χ2n) is 9.72. The fourth-order valence-electron chi connectivity index (χ4n) is 4.63.